The van der Waals surface area contributed by atoms with Crippen molar-refractivity contribution >= 4 is 23.0 Å². The molecule has 0 saturated carbocycles. The second kappa shape index (κ2) is 7.77. The minimum Gasteiger partial charge on any atom is -0.372 e. The van der Waals surface area contributed by atoms with Crippen molar-refractivity contribution in [2.24, 2.45) is 0 Å². The first-order valence-electron chi connectivity index (χ1n) is 9.67. The van der Waals surface area contributed by atoms with Crippen LogP contribution in [0.5, 0.6) is 0 Å². The topological polar surface area (TPSA) is 48.5 Å². The van der Waals surface area contributed by atoms with Crippen LogP contribution in [0.15, 0.2) is 42.6 Å². The summed E-state index contributed by atoms with van der Waals surface area (Å²) in [5.74, 6) is -0.163. The lowest BCUT2D eigenvalue weighted by atomic mass is 10.1. The first-order chi connectivity index (χ1) is 12.8. The summed E-state index contributed by atoms with van der Waals surface area (Å²) in [6.07, 6.45) is 8.11. The van der Waals surface area contributed by atoms with E-state index in [9.17, 15) is 4.79 Å². The van der Waals surface area contributed by atoms with Crippen LogP contribution < -0.4 is 15.1 Å². The van der Waals surface area contributed by atoms with E-state index in [1.807, 2.05) is 30.5 Å². The minimum absolute atomic E-state index is 0.163. The standard InChI is InChI=1S/C21H26N4O/c26-21(20-11-10-19(16-22-20)25-12-2-1-3-13-25)23-17-6-8-18(9-7-17)24-14-4-5-15-24/h6-11,16H,1-5,12-15H2,(H,23,26). The van der Waals surface area contributed by atoms with Gasteiger partial charge in [-0.15, -0.1) is 0 Å². The summed E-state index contributed by atoms with van der Waals surface area (Å²) >= 11 is 0. The lowest BCUT2D eigenvalue weighted by Crippen LogP contribution is -2.29. The Bertz CT molecular complexity index is 730. The first-order valence-corrected chi connectivity index (χ1v) is 9.67. The van der Waals surface area contributed by atoms with Gasteiger partial charge >= 0.3 is 0 Å². The predicted octanol–water partition coefficient (Wildman–Crippen LogP) is 3.92. The van der Waals surface area contributed by atoms with Crippen molar-refractivity contribution in [3.63, 3.8) is 0 Å². The third-order valence-electron chi connectivity index (χ3n) is 5.30. The Labute approximate surface area is 155 Å². The van der Waals surface area contributed by atoms with Crippen LogP contribution in [0.3, 0.4) is 0 Å². The number of pyridine rings is 1. The van der Waals surface area contributed by atoms with Gasteiger partial charge in [0.2, 0.25) is 0 Å². The smallest absolute Gasteiger partial charge is 0.274 e. The zero-order valence-electron chi connectivity index (χ0n) is 15.2. The van der Waals surface area contributed by atoms with Gasteiger partial charge in [-0.3, -0.25) is 4.79 Å². The van der Waals surface area contributed by atoms with E-state index in [1.54, 1.807) is 0 Å². The molecule has 5 nitrogen and oxygen atoms in total. The molecule has 0 atom stereocenters. The van der Waals surface area contributed by atoms with E-state index in [2.05, 4.69) is 32.2 Å². The Kier molecular flexibility index (Phi) is 5.04. The molecule has 1 amide bonds. The number of anilines is 3. The Morgan fingerprint density at radius 3 is 1.96 bits per heavy atom. The molecule has 3 heterocycles. The first kappa shape index (κ1) is 16.9. The quantitative estimate of drug-likeness (QED) is 0.908. The number of hydrogen-bond acceptors (Lipinski definition) is 4. The molecule has 26 heavy (non-hydrogen) atoms. The van der Waals surface area contributed by atoms with Crippen LogP contribution in [0.2, 0.25) is 0 Å². The largest absolute Gasteiger partial charge is 0.372 e. The molecule has 2 saturated heterocycles. The Morgan fingerprint density at radius 1 is 0.769 bits per heavy atom. The maximum atomic E-state index is 12.4. The number of carbonyl (C=O) groups excluding carboxylic acids is 1. The summed E-state index contributed by atoms with van der Waals surface area (Å²) in [6, 6.07) is 11.9. The normalized spacial score (nSPS) is 17.4. The molecule has 2 aromatic rings. The number of piperidine rings is 1. The number of amides is 1. The highest BCUT2D eigenvalue weighted by Gasteiger charge is 2.14. The molecule has 2 aliphatic heterocycles. The van der Waals surface area contributed by atoms with Crippen LogP contribution in [0.1, 0.15) is 42.6 Å². The second-order valence-corrected chi connectivity index (χ2v) is 7.14. The molecule has 2 fully saturated rings. The number of aromatic nitrogens is 1. The van der Waals surface area contributed by atoms with Gasteiger partial charge < -0.3 is 15.1 Å². The van der Waals surface area contributed by atoms with Gasteiger partial charge in [-0.25, -0.2) is 4.98 Å². The molecule has 1 aromatic heterocycles. The summed E-state index contributed by atoms with van der Waals surface area (Å²) in [5.41, 5.74) is 3.59. The average molecular weight is 350 g/mol. The van der Waals surface area contributed by atoms with E-state index < -0.39 is 0 Å². The molecule has 1 N–H and O–H groups in total. The molecule has 0 bridgehead atoms. The van der Waals surface area contributed by atoms with Gasteiger partial charge in [0, 0.05) is 37.6 Å². The summed E-state index contributed by atoms with van der Waals surface area (Å²) in [6.45, 7) is 4.41. The maximum absolute atomic E-state index is 12.4. The van der Waals surface area contributed by atoms with E-state index in [-0.39, 0.29) is 5.91 Å². The third-order valence-corrected chi connectivity index (χ3v) is 5.30. The average Bonchev–Trinajstić information content (AvgIpc) is 3.24. The summed E-state index contributed by atoms with van der Waals surface area (Å²) in [4.78, 5) is 21.5. The van der Waals surface area contributed by atoms with E-state index >= 15 is 0 Å². The molecule has 0 radical (unpaired) electrons. The lowest BCUT2D eigenvalue weighted by Gasteiger charge is -2.28. The van der Waals surface area contributed by atoms with Gasteiger partial charge in [-0.1, -0.05) is 0 Å². The fourth-order valence-corrected chi connectivity index (χ4v) is 3.79. The summed E-state index contributed by atoms with van der Waals surface area (Å²) < 4.78 is 0. The van der Waals surface area contributed by atoms with Gasteiger partial charge in [0.25, 0.3) is 5.91 Å². The lowest BCUT2D eigenvalue weighted by molar-refractivity contribution is 0.102. The molecular formula is C21H26N4O. The van der Waals surface area contributed by atoms with Crippen molar-refractivity contribution in [1.29, 1.82) is 0 Å². The SMILES string of the molecule is O=C(Nc1ccc(N2CCCC2)cc1)c1ccc(N2CCCCC2)cn1. The van der Waals surface area contributed by atoms with Crippen molar-refractivity contribution in [2.45, 2.75) is 32.1 Å². The zero-order chi connectivity index (χ0) is 17.8. The monoisotopic (exact) mass is 350 g/mol. The highest BCUT2D eigenvalue weighted by molar-refractivity contribution is 6.03. The van der Waals surface area contributed by atoms with E-state index in [1.165, 1.54) is 37.8 Å². The van der Waals surface area contributed by atoms with Gasteiger partial charge in [-0.2, -0.15) is 0 Å². The zero-order valence-corrected chi connectivity index (χ0v) is 15.2. The molecule has 0 unspecified atom stereocenters. The van der Waals surface area contributed by atoms with E-state index in [0.29, 0.717) is 5.69 Å². The summed E-state index contributed by atoms with van der Waals surface area (Å²) in [5, 5.41) is 2.94. The Hall–Kier alpha value is -2.56. The highest BCUT2D eigenvalue weighted by atomic mass is 16.1. The Balaban J connectivity index is 1.38. The van der Waals surface area contributed by atoms with Crippen LogP contribution in [-0.2, 0) is 0 Å². The Morgan fingerprint density at radius 2 is 1.35 bits per heavy atom. The number of rotatable bonds is 4. The van der Waals surface area contributed by atoms with Crippen molar-refractivity contribution in [1.82, 2.24) is 4.98 Å². The fraction of sp³-hybridized carbons (Fsp3) is 0.429. The third kappa shape index (κ3) is 3.82. The number of carbonyl (C=O) groups is 1. The number of nitrogens with one attached hydrogen (secondary N) is 1. The maximum Gasteiger partial charge on any atom is 0.274 e. The second-order valence-electron chi connectivity index (χ2n) is 7.14. The molecule has 1 aromatic carbocycles. The van der Waals surface area contributed by atoms with Gasteiger partial charge in [0.15, 0.2) is 0 Å². The fourth-order valence-electron chi connectivity index (χ4n) is 3.79. The van der Waals surface area contributed by atoms with Crippen LogP contribution in [-0.4, -0.2) is 37.1 Å². The van der Waals surface area contributed by atoms with Crippen molar-refractivity contribution in [3.05, 3.63) is 48.3 Å². The van der Waals surface area contributed by atoms with E-state index in [4.69, 9.17) is 0 Å². The van der Waals surface area contributed by atoms with Crippen molar-refractivity contribution in [3.8, 4) is 0 Å². The molecule has 2 aliphatic rings. The minimum atomic E-state index is -0.163. The predicted molar refractivity (Wildman–Crippen MR) is 106 cm³/mol. The molecule has 136 valence electrons. The highest BCUT2D eigenvalue weighted by Crippen LogP contribution is 2.23. The molecule has 0 aliphatic carbocycles. The van der Waals surface area contributed by atoms with Gasteiger partial charge in [0.1, 0.15) is 5.69 Å². The van der Waals surface area contributed by atoms with Crippen LogP contribution in [0, 0.1) is 0 Å². The van der Waals surface area contributed by atoms with Crippen LogP contribution in [0.4, 0.5) is 17.1 Å². The number of nitrogens with zero attached hydrogens (tertiary/aromatic N) is 3. The van der Waals surface area contributed by atoms with Crippen molar-refractivity contribution in [2.75, 3.05) is 41.3 Å². The van der Waals surface area contributed by atoms with E-state index in [0.717, 1.165) is 37.6 Å². The number of hydrogen-bond donors (Lipinski definition) is 1. The molecule has 5 heteroatoms. The van der Waals surface area contributed by atoms with Gasteiger partial charge in [-0.05, 0) is 68.5 Å². The molecule has 4 rings (SSSR count). The van der Waals surface area contributed by atoms with Gasteiger partial charge in [0.05, 0.1) is 11.9 Å². The van der Waals surface area contributed by atoms with Crippen molar-refractivity contribution < 1.29 is 4.79 Å². The number of benzene rings is 1. The molecule has 0 spiro atoms. The van der Waals surface area contributed by atoms with Crippen LogP contribution in [0.25, 0.3) is 0 Å². The summed E-state index contributed by atoms with van der Waals surface area (Å²) in [7, 11) is 0. The van der Waals surface area contributed by atoms with Crippen LogP contribution >= 0.6 is 0 Å². The molecular weight excluding hydrogens is 324 g/mol.